The van der Waals surface area contributed by atoms with Crippen molar-refractivity contribution in [2.45, 2.75) is 13.0 Å². The summed E-state index contributed by atoms with van der Waals surface area (Å²) >= 11 is 6.04. The summed E-state index contributed by atoms with van der Waals surface area (Å²) < 4.78 is 5.31. The van der Waals surface area contributed by atoms with Crippen molar-refractivity contribution in [3.8, 4) is 0 Å². The van der Waals surface area contributed by atoms with Crippen LogP contribution in [0.1, 0.15) is 17.3 Å². The molecular formula is C14H21ClN4O2. The smallest absolute Gasteiger partial charge is 0.253 e. The number of carbonyl (C=O) groups is 1. The van der Waals surface area contributed by atoms with Crippen molar-refractivity contribution >= 4 is 23.3 Å². The SMILES string of the molecule is CNc1ncc(C(=O)NC(C)CN2CCOCC2)cc1Cl. The Morgan fingerprint density at radius 1 is 1.52 bits per heavy atom. The first-order valence-electron chi connectivity index (χ1n) is 7.04. The Bertz CT molecular complexity index is 492. The number of carbonyl (C=O) groups excluding carboxylic acids is 1. The van der Waals surface area contributed by atoms with Crippen molar-refractivity contribution in [2.24, 2.45) is 0 Å². The maximum atomic E-state index is 12.2. The second-order valence-corrected chi connectivity index (χ2v) is 5.50. The van der Waals surface area contributed by atoms with Gasteiger partial charge in [0, 0.05) is 38.9 Å². The van der Waals surface area contributed by atoms with Crippen LogP contribution in [0.3, 0.4) is 0 Å². The van der Waals surface area contributed by atoms with Crippen LogP contribution in [-0.2, 0) is 4.74 Å². The van der Waals surface area contributed by atoms with Gasteiger partial charge in [-0.3, -0.25) is 9.69 Å². The van der Waals surface area contributed by atoms with Crippen molar-refractivity contribution in [3.63, 3.8) is 0 Å². The van der Waals surface area contributed by atoms with Crippen molar-refractivity contribution < 1.29 is 9.53 Å². The number of nitrogens with one attached hydrogen (secondary N) is 2. The van der Waals surface area contributed by atoms with Crippen LogP contribution in [0, 0.1) is 0 Å². The third-order valence-electron chi connectivity index (χ3n) is 3.35. The Morgan fingerprint density at radius 2 is 2.24 bits per heavy atom. The summed E-state index contributed by atoms with van der Waals surface area (Å²) in [4.78, 5) is 18.6. The summed E-state index contributed by atoms with van der Waals surface area (Å²) in [5.41, 5.74) is 0.466. The fourth-order valence-electron chi connectivity index (χ4n) is 2.27. The molecule has 0 radical (unpaired) electrons. The zero-order valence-electron chi connectivity index (χ0n) is 12.4. The molecule has 7 heteroatoms. The van der Waals surface area contributed by atoms with Gasteiger partial charge in [0.1, 0.15) is 5.82 Å². The molecule has 1 aromatic rings. The van der Waals surface area contributed by atoms with E-state index >= 15 is 0 Å². The molecule has 6 nitrogen and oxygen atoms in total. The summed E-state index contributed by atoms with van der Waals surface area (Å²) in [5.74, 6) is 0.405. The average molecular weight is 313 g/mol. The van der Waals surface area contributed by atoms with Crippen LogP contribution < -0.4 is 10.6 Å². The third kappa shape index (κ3) is 4.56. The van der Waals surface area contributed by atoms with E-state index in [1.807, 2.05) is 6.92 Å². The predicted octanol–water partition coefficient (Wildman–Crippen LogP) is 1.23. The Morgan fingerprint density at radius 3 is 2.86 bits per heavy atom. The molecular weight excluding hydrogens is 292 g/mol. The summed E-state index contributed by atoms with van der Waals surface area (Å²) in [6, 6.07) is 1.68. The van der Waals surface area contributed by atoms with E-state index in [0.717, 1.165) is 32.8 Å². The molecule has 0 saturated carbocycles. The van der Waals surface area contributed by atoms with Gasteiger partial charge in [-0.25, -0.2) is 4.98 Å². The van der Waals surface area contributed by atoms with Crippen molar-refractivity contribution in [1.82, 2.24) is 15.2 Å². The van der Waals surface area contributed by atoms with E-state index in [-0.39, 0.29) is 11.9 Å². The number of amides is 1. The van der Waals surface area contributed by atoms with E-state index < -0.39 is 0 Å². The molecule has 1 amide bonds. The molecule has 1 aliphatic rings. The lowest BCUT2D eigenvalue weighted by Crippen LogP contribution is -2.46. The number of hydrogen-bond donors (Lipinski definition) is 2. The molecule has 0 spiro atoms. The first-order valence-corrected chi connectivity index (χ1v) is 7.42. The number of aromatic nitrogens is 1. The molecule has 1 saturated heterocycles. The molecule has 1 atom stereocenters. The Balaban J connectivity index is 1.89. The second kappa shape index (κ2) is 7.59. The second-order valence-electron chi connectivity index (χ2n) is 5.09. The van der Waals surface area contributed by atoms with Crippen molar-refractivity contribution in [1.29, 1.82) is 0 Å². The minimum absolute atomic E-state index is 0.0540. The largest absolute Gasteiger partial charge is 0.379 e. The van der Waals surface area contributed by atoms with E-state index in [1.165, 1.54) is 6.20 Å². The van der Waals surface area contributed by atoms with Gasteiger partial charge < -0.3 is 15.4 Å². The van der Waals surface area contributed by atoms with Gasteiger partial charge in [0.25, 0.3) is 5.91 Å². The maximum Gasteiger partial charge on any atom is 0.253 e. The minimum atomic E-state index is -0.159. The summed E-state index contributed by atoms with van der Waals surface area (Å²) in [6.45, 7) is 6.13. The van der Waals surface area contributed by atoms with E-state index in [9.17, 15) is 4.79 Å². The summed E-state index contributed by atoms with van der Waals surface area (Å²) in [5, 5.41) is 6.27. The highest BCUT2D eigenvalue weighted by Gasteiger charge is 2.16. The summed E-state index contributed by atoms with van der Waals surface area (Å²) in [7, 11) is 1.73. The van der Waals surface area contributed by atoms with Gasteiger partial charge >= 0.3 is 0 Å². The van der Waals surface area contributed by atoms with E-state index in [2.05, 4.69) is 20.5 Å². The predicted molar refractivity (Wildman–Crippen MR) is 83.0 cm³/mol. The zero-order chi connectivity index (χ0) is 15.2. The fourth-order valence-corrected chi connectivity index (χ4v) is 2.53. The molecule has 1 aliphatic heterocycles. The van der Waals surface area contributed by atoms with Crippen molar-refractivity contribution in [3.05, 3.63) is 22.8 Å². The van der Waals surface area contributed by atoms with Gasteiger partial charge in [-0.1, -0.05) is 11.6 Å². The van der Waals surface area contributed by atoms with E-state index in [1.54, 1.807) is 13.1 Å². The van der Waals surface area contributed by atoms with Crippen molar-refractivity contribution in [2.75, 3.05) is 45.2 Å². The topological polar surface area (TPSA) is 66.5 Å². The van der Waals surface area contributed by atoms with E-state index in [4.69, 9.17) is 16.3 Å². The van der Waals surface area contributed by atoms with Crippen LogP contribution in [-0.4, -0.2) is 61.7 Å². The van der Waals surface area contributed by atoms with Crippen LogP contribution in [0.2, 0.25) is 5.02 Å². The molecule has 0 aliphatic carbocycles. The maximum absolute atomic E-state index is 12.2. The Hall–Kier alpha value is -1.37. The summed E-state index contributed by atoms with van der Waals surface area (Å²) in [6.07, 6.45) is 1.52. The molecule has 2 heterocycles. The lowest BCUT2D eigenvalue weighted by molar-refractivity contribution is 0.0342. The van der Waals surface area contributed by atoms with Gasteiger partial charge in [0.2, 0.25) is 0 Å². The molecule has 2 rings (SSSR count). The van der Waals surface area contributed by atoms with Crippen LogP contribution in [0.25, 0.3) is 0 Å². The molecule has 1 aromatic heterocycles. The lowest BCUT2D eigenvalue weighted by atomic mass is 10.2. The monoisotopic (exact) mass is 312 g/mol. The number of nitrogens with zero attached hydrogens (tertiary/aromatic N) is 2. The van der Waals surface area contributed by atoms with Crippen LogP contribution in [0.4, 0.5) is 5.82 Å². The van der Waals surface area contributed by atoms with Gasteiger partial charge in [0.05, 0.1) is 23.8 Å². The third-order valence-corrected chi connectivity index (χ3v) is 3.64. The van der Waals surface area contributed by atoms with E-state index in [0.29, 0.717) is 16.4 Å². The lowest BCUT2D eigenvalue weighted by Gasteiger charge is -2.29. The number of pyridine rings is 1. The number of ether oxygens (including phenoxy) is 1. The number of hydrogen-bond acceptors (Lipinski definition) is 5. The first kappa shape index (κ1) is 16.0. The van der Waals surface area contributed by atoms with Gasteiger partial charge in [-0.05, 0) is 13.0 Å². The highest BCUT2D eigenvalue weighted by atomic mass is 35.5. The number of halogens is 1. The normalized spacial score (nSPS) is 17.3. The van der Waals surface area contributed by atoms with Gasteiger partial charge in [-0.15, -0.1) is 0 Å². The number of anilines is 1. The molecule has 2 N–H and O–H groups in total. The highest BCUT2D eigenvalue weighted by molar-refractivity contribution is 6.33. The molecule has 1 fully saturated rings. The zero-order valence-corrected chi connectivity index (χ0v) is 13.1. The van der Waals surface area contributed by atoms with Gasteiger partial charge in [-0.2, -0.15) is 0 Å². The number of rotatable bonds is 5. The molecule has 0 aromatic carbocycles. The molecule has 116 valence electrons. The highest BCUT2D eigenvalue weighted by Crippen LogP contribution is 2.19. The molecule has 21 heavy (non-hydrogen) atoms. The Kier molecular flexibility index (Phi) is 5.78. The average Bonchev–Trinajstić information content (AvgIpc) is 2.48. The van der Waals surface area contributed by atoms with Crippen LogP contribution in [0.15, 0.2) is 12.3 Å². The first-order chi connectivity index (χ1) is 10.1. The molecule has 1 unspecified atom stereocenters. The van der Waals surface area contributed by atoms with Crippen LogP contribution >= 0.6 is 11.6 Å². The quantitative estimate of drug-likeness (QED) is 0.856. The van der Waals surface area contributed by atoms with Crippen LogP contribution in [0.5, 0.6) is 0 Å². The fraction of sp³-hybridized carbons (Fsp3) is 0.571. The molecule has 0 bridgehead atoms. The Labute approximate surface area is 129 Å². The standard InChI is InChI=1S/C14H21ClN4O2/c1-10(9-19-3-5-21-6-4-19)18-14(20)11-7-12(15)13(16-2)17-8-11/h7-8,10H,3-6,9H2,1-2H3,(H,16,17)(H,18,20). The number of morpholine rings is 1. The minimum Gasteiger partial charge on any atom is -0.379 e. The van der Waals surface area contributed by atoms with Gasteiger partial charge in [0.15, 0.2) is 0 Å².